The first kappa shape index (κ1) is 14.8. The standard InChI is InChI=1S/C2H3Br3.C2H3Cl3/c2*3-1-2(4)5/h2*2H,1H2. The van der Waals surface area contributed by atoms with Gasteiger partial charge in [0.1, 0.15) is 4.84 Å². The predicted octanol–water partition coefficient (Wildman–Crippen LogP) is 4.53. The first-order valence-electron chi connectivity index (χ1n) is 2.22. The lowest BCUT2D eigenvalue weighted by Gasteiger charge is -1.83. The van der Waals surface area contributed by atoms with Crippen molar-refractivity contribution in [3.63, 3.8) is 0 Å². The Balaban J connectivity index is 0. The Kier molecular flexibility index (Phi) is 16.8. The highest BCUT2D eigenvalue weighted by atomic mass is 79.9. The highest BCUT2D eigenvalue weighted by Gasteiger charge is 1.88. The van der Waals surface area contributed by atoms with Gasteiger partial charge in [-0.15, -0.1) is 34.8 Å². The summed E-state index contributed by atoms with van der Waals surface area (Å²) in [5.74, 6) is 0.309. The van der Waals surface area contributed by atoms with Crippen molar-refractivity contribution in [2.45, 2.75) is 8.57 Å². The molecule has 0 spiro atoms. The van der Waals surface area contributed by atoms with Crippen molar-refractivity contribution in [1.29, 1.82) is 0 Å². The van der Waals surface area contributed by atoms with E-state index < -0.39 is 4.84 Å². The largest absolute Gasteiger partial charge is 0.124 e. The number of hydrogen-bond acceptors (Lipinski definition) is 0. The summed E-state index contributed by atoms with van der Waals surface area (Å²) in [6.45, 7) is 0. The smallest absolute Gasteiger partial charge is 0.121 e. The average Bonchev–Trinajstić information content (AvgIpc) is 1.89. The molecule has 0 aromatic heterocycles. The molecule has 0 amide bonds. The van der Waals surface area contributed by atoms with Crippen LogP contribution >= 0.6 is 82.6 Å². The fraction of sp³-hybridized carbons (Fsp3) is 1.00. The maximum Gasteiger partial charge on any atom is 0.121 e. The number of hydrogen-bond donors (Lipinski definition) is 0. The van der Waals surface area contributed by atoms with E-state index in [1.807, 2.05) is 0 Å². The molecule has 0 saturated heterocycles. The molecule has 0 nitrogen and oxygen atoms in total. The van der Waals surface area contributed by atoms with E-state index in [4.69, 9.17) is 34.8 Å². The van der Waals surface area contributed by atoms with Crippen molar-refractivity contribution in [2.75, 3.05) is 11.2 Å². The summed E-state index contributed by atoms with van der Waals surface area (Å²) in [7, 11) is 0. The predicted molar refractivity (Wildman–Crippen MR) is 61.7 cm³/mol. The Morgan fingerprint density at radius 3 is 1.40 bits per heavy atom. The van der Waals surface area contributed by atoms with E-state index in [-0.39, 0.29) is 0 Å². The van der Waals surface area contributed by atoms with E-state index in [1.165, 1.54) is 0 Å². The lowest BCUT2D eigenvalue weighted by molar-refractivity contribution is 1.40. The van der Waals surface area contributed by atoms with Crippen LogP contribution in [-0.2, 0) is 0 Å². The van der Waals surface area contributed by atoms with Gasteiger partial charge in [-0.05, 0) is 0 Å². The maximum atomic E-state index is 5.10. The molecule has 0 aromatic rings. The summed E-state index contributed by atoms with van der Waals surface area (Å²) in [6.07, 6.45) is 0. The summed E-state index contributed by atoms with van der Waals surface area (Å²) < 4.78 is 0.426. The third-order valence-corrected chi connectivity index (χ3v) is 4.20. The van der Waals surface area contributed by atoms with Crippen molar-refractivity contribution >= 4 is 82.6 Å². The Bertz CT molecular complexity index is 51.7. The van der Waals surface area contributed by atoms with Crippen LogP contribution in [0.3, 0.4) is 0 Å². The van der Waals surface area contributed by atoms with Gasteiger partial charge in [-0.2, -0.15) is 0 Å². The molecular weight excluding hydrogens is 394 g/mol. The van der Waals surface area contributed by atoms with Gasteiger partial charge in [0.2, 0.25) is 0 Å². The summed E-state index contributed by atoms with van der Waals surface area (Å²) in [6, 6.07) is 0. The van der Waals surface area contributed by atoms with Gasteiger partial charge >= 0.3 is 0 Å². The van der Waals surface area contributed by atoms with E-state index >= 15 is 0 Å². The van der Waals surface area contributed by atoms with Gasteiger partial charge in [0.05, 0.1) is 9.62 Å². The van der Waals surface area contributed by atoms with Crippen LogP contribution in [0.1, 0.15) is 0 Å². The lowest BCUT2D eigenvalue weighted by Crippen LogP contribution is -1.82. The van der Waals surface area contributed by atoms with Crippen LogP contribution in [-0.4, -0.2) is 19.8 Å². The molecule has 6 heteroatoms. The summed E-state index contributed by atoms with van der Waals surface area (Å²) >= 11 is 25.0. The summed E-state index contributed by atoms with van der Waals surface area (Å²) in [5, 5.41) is 0.951. The fourth-order valence-electron chi connectivity index (χ4n) is 0. The Morgan fingerprint density at radius 1 is 1.20 bits per heavy atom. The van der Waals surface area contributed by atoms with Crippen LogP contribution in [0.2, 0.25) is 0 Å². The van der Waals surface area contributed by atoms with Crippen LogP contribution in [0.15, 0.2) is 0 Å². The molecule has 0 saturated carbocycles. The molecule has 0 aliphatic heterocycles. The molecule has 0 unspecified atom stereocenters. The zero-order valence-electron chi connectivity index (χ0n) is 4.84. The molecule has 0 aromatic carbocycles. The Labute approximate surface area is 101 Å². The van der Waals surface area contributed by atoms with Crippen LogP contribution in [0.4, 0.5) is 0 Å². The van der Waals surface area contributed by atoms with Crippen molar-refractivity contribution in [2.24, 2.45) is 0 Å². The number of halogens is 6. The minimum absolute atomic E-state index is 0.309. The van der Waals surface area contributed by atoms with Crippen molar-refractivity contribution < 1.29 is 0 Å². The summed E-state index contributed by atoms with van der Waals surface area (Å²) in [5.41, 5.74) is 0. The zero-order valence-corrected chi connectivity index (χ0v) is 11.9. The highest BCUT2D eigenvalue weighted by Crippen LogP contribution is 2.09. The zero-order chi connectivity index (χ0) is 8.57. The topological polar surface area (TPSA) is 0 Å². The first-order valence-corrected chi connectivity index (χ1v) is 6.58. The van der Waals surface area contributed by atoms with Crippen molar-refractivity contribution in [1.82, 2.24) is 0 Å². The van der Waals surface area contributed by atoms with Gasteiger partial charge in [-0.25, -0.2) is 0 Å². The molecule has 0 radical (unpaired) electrons. The molecule has 0 bridgehead atoms. The minimum Gasteiger partial charge on any atom is -0.124 e. The monoisotopic (exact) mass is 396 g/mol. The Morgan fingerprint density at radius 2 is 1.40 bits per heavy atom. The maximum absolute atomic E-state index is 5.10. The molecule has 0 atom stereocenters. The van der Waals surface area contributed by atoms with Crippen molar-refractivity contribution in [3.05, 3.63) is 0 Å². The fourth-order valence-corrected chi connectivity index (χ4v) is 0. The molecular formula is C4H6Br3Cl3. The second-order valence-electron chi connectivity index (χ2n) is 1.09. The van der Waals surface area contributed by atoms with Gasteiger partial charge in [0.25, 0.3) is 0 Å². The van der Waals surface area contributed by atoms with Crippen LogP contribution in [0.5, 0.6) is 0 Å². The Hall–Kier alpha value is 2.31. The average molecular weight is 400 g/mol. The first-order chi connectivity index (χ1) is 4.54. The summed E-state index contributed by atoms with van der Waals surface area (Å²) in [4.78, 5) is -0.406. The third-order valence-electron chi connectivity index (χ3n) is 0.233. The lowest BCUT2D eigenvalue weighted by atomic mass is 10.9. The van der Waals surface area contributed by atoms with Crippen LogP contribution < -0.4 is 0 Å². The van der Waals surface area contributed by atoms with Gasteiger partial charge in [-0.1, -0.05) is 47.8 Å². The molecule has 0 fully saturated rings. The van der Waals surface area contributed by atoms with Crippen LogP contribution in [0.25, 0.3) is 0 Å². The molecule has 0 aliphatic rings. The SMILES string of the molecule is BrCC(Br)Br.ClCC(Cl)Cl. The molecule has 0 rings (SSSR count). The molecule has 64 valence electrons. The van der Waals surface area contributed by atoms with Gasteiger partial charge in [0, 0.05) is 5.33 Å². The van der Waals surface area contributed by atoms with E-state index in [0.29, 0.717) is 9.62 Å². The van der Waals surface area contributed by atoms with E-state index in [0.717, 1.165) is 5.33 Å². The van der Waals surface area contributed by atoms with Crippen molar-refractivity contribution in [3.8, 4) is 0 Å². The number of alkyl halides is 6. The normalized spacial score (nSPS) is 9.60. The van der Waals surface area contributed by atoms with Gasteiger partial charge in [0.15, 0.2) is 0 Å². The second-order valence-corrected chi connectivity index (χ2v) is 6.76. The molecule has 0 N–H and O–H groups in total. The quantitative estimate of drug-likeness (QED) is 0.598. The highest BCUT2D eigenvalue weighted by molar-refractivity contribution is 9.25. The van der Waals surface area contributed by atoms with E-state index in [9.17, 15) is 0 Å². The second kappa shape index (κ2) is 11.3. The van der Waals surface area contributed by atoms with Gasteiger partial charge in [-0.3, -0.25) is 0 Å². The molecule has 0 aliphatic carbocycles. The van der Waals surface area contributed by atoms with Crippen LogP contribution in [0, 0.1) is 0 Å². The van der Waals surface area contributed by atoms with E-state index in [1.54, 1.807) is 0 Å². The molecule has 0 heterocycles. The number of rotatable bonds is 2. The third kappa shape index (κ3) is 22.4. The van der Waals surface area contributed by atoms with Gasteiger partial charge < -0.3 is 0 Å². The van der Waals surface area contributed by atoms with E-state index in [2.05, 4.69) is 47.8 Å². The molecule has 10 heavy (non-hydrogen) atoms. The minimum atomic E-state index is -0.406.